The zero-order valence-corrected chi connectivity index (χ0v) is 11.6. The van der Waals surface area contributed by atoms with Crippen LogP contribution in [0.2, 0.25) is 0 Å². The maximum Gasteiger partial charge on any atom is 0.194 e. The summed E-state index contributed by atoms with van der Waals surface area (Å²) in [5.41, 5.74) is 0.0774. The van der Waals surface area contributed by atoms with Crippen molar-refractivity contribution in [2.45, 2.75) is 32.9 Å². The van der Waals surface area contributed by atoms with Crippen LogP contribution in [0, 0.1) is 23.4 Å². The molecule has 0 bridgehead atoms. The molecule has 1 rings (SSSR count). The molecule has 2 atom stereocenters. The van der Waals surface area contributed by atoms with Crippen LogP contribution in [0.1, 0.15) is 32.4 Å². The van der Waals surface area contributed by atoms with Crippen LogP contribution in [0.15, 0.2) is 12.1 Å². The van der Waals surface area contributed by atoms with E-state index in [1.807, 2.05) is 20.8 Å². The minimum absolute atomic E-state index is 0.0774. The molecule has 1 aromatic carbocycles. The summed E-state index contributed by atoms with van der Waals surface area (Å²) in [5, 5.41) is 2.92. The number of hydrogen-bond donors (Lipinski definition) is 1. The second-order valence-corrected chi connectivity index (χ2v) is 4.69. The van der Waals surface area contributed by atoms with Gasteiger partial charge in [-0.1, -0.05) is 19.9 Å². The topological polar surface area (TPSA) is 21.3 Å². The highest BCUT2D eigenvalue weighted by atomic mass is 19.2. The highest BCUT2D eigenvalue weighted by Crippen LogP contribution is 2.28. The van der Waals surface area contributed by atoms with Gasteiger partial charge in [0.05, 0.1) is 12.1 Å². The summed E-state index contributed by atoms with van der Waals surface area (Å²) in [7, 11) is 1.64. The second-order valence-electron chi connectivity index (χ2n) is 4.69. The van der Waals surface area contributed by atoms with E-state index in [1.165, 1.54) is 6.07 Å². The van der Waals surface area contributed by atoms with Crippen molar-refractivity contribution in [2.75, 3.05) is 13.7 Å². The standard InChI is InChI=1S/C14H20F3NO/c1-5-19-14(8(2)3)13(18-4)9-6-7-10(15)12(17)11(9)16/h6-8,13-14,18H,5H2,1-4H3. The fourth-order valence-electron chi connectivity index (χ4n) is 2.14. The number of benzene rings is 1. The number of nitrogens with one attached hydrogen (secondary N) is 1. The number of hydrogen-bond acceptors (Lipinski definition) is 2. The van der Waals surface area contributed by atoms with E-state index < -0.39 is 23.5 Å². The Hall–Kier alpha value is -1.07. The van der Waals surface area contributed by atoms with Crippen LogP contribution in [0.5, 0.6) is 0 Å². The van der Waals surface area contributed by atoms with E-state index in [-0.39, 0.29) is 17.6 Å². The van der Waals surface area contributed by atoms with Crippen LogP contribution in [0.25, 0.3) is 0 Å². The van der Waals surface area contributed by atoms with Gasteiger partial charge < -0.3 is 10.1 Å². The van der Waals surface area contributed by atoms with E-state index in [1.54, 1.807) is 7.05 Å². The molecule has 0 fully saturated rings. The molecule has 0 aliphatic carbocycles. The lowest BCUT2D eigenvalue weighted by molar-refractivity contribution is 0.00363. The summed E-state index contributed by atoms with van der Waals surface area (Å²) in [6, 6.07) is 1.65. The predicted molar refractivity (Wildman–Crippen MR) is 68.4 cm³/mol. The summed E-state index contributed by atoms with van der Waals surface area (Å²) in [6.07, 6.45) is -0.325. The molecule has 0 saturated heterocycles. The molecular formula is C14H20F3NO. The third-order valence-corrected chi connectivity index (χ3v) is 3.06. The van der Waals surface area contributed by atoms with Crippen molar-refractivity contribution >= 4 is 0 Å². The highest BCUT2D eigenvalue weighted by Gasteiger charge is 2.29. The predicted octanol–water partition coefficient (Wildman–Crippen LogP) is 3.43. The van der Waals surface area contributed by atoms with Crippen molar-refractivity contribution in [3.8, 4) is 0 Å². The zero-order chi connectivity index (χ0) is 14.6. The van der Waals surface area contributed by atoms with Gasteiger partial charge in [-0.15, -0.1) is 0 Å². The van der Waals surface area contributed by atoms with Crippen molar-refractivity contribution in [1.82, 2.24) is 5.32 Å². The third kappa shape index (κ3) is 3.48. The lowest BCUT2D eigenvalue weighted by atomic mass is 9.93. The van der Waals surface area contributed by atoms with E-state index in [0.29, 0.717) is 6.61 Å². The van der Waals surface area contributed by atoms with Crippen LogP contribution >= 0.6 is 0 Å². The lowest BCUT2D eigenvalue weighted by Crippen LogP contribution is -2.36. The van der Waals surface area contributed by atoms with Crippen molar-refractivity contribution in [1.29, 1.82) is 0 Å². The van der Waals surface area contributed by atoms with Crippen LogP contribution in [-0.4, -0.2) is 19.8 Å². The molecule has 1 N–H and O–H groups in total. The van der Waals surface area contributed by atoms with Crippen LogP contribution in [0.4, 0.5) is 13.2 Å². The molecule has 19 heavy (non-hydrogen) atoms. The lowest BCUT2D eigenvalue weighted by Gasteiger charge is -2.30. The first kappa shape index (κ1) is 16.0. The first-order valence-electron chi connectivity index (χ1n) is 6.36. The van der Waals surface area contributed by atoms with E-state index >= 15 is 0 Å². The van der Waals surface area contributed by atoms with Gasteiger partial charge in [0.15, 0.2) is 17.5 Å². The molecule has 0 aliphatic rings. The molecule has 2 nitrogen and oxygen atoms in total. The van der Waals surface area contributed by atoms with Crippen molar-refractivity contribution in [2.24, 2.45) is 5.92 Å². The maximum absolute atomic E-state index is 13.9. The van der Waals surface area contributed by atoms with Crippen molar-refractivity contribution < 1.29 is 17.9 Å². The maximum atomic E-state index is 13.9. The van der Waals surface area contributed by atoms with Crippen molar-refractivity contribution in [3.05, 3.63) is 35.1 Å². The first-order valence-corrected chi connectivity index (χ1v) is 6.36. The summed E-state index contributed by atoms with van der Waals surface area (Å²) in [4.78, 5) is 0. The van der Waals surface area contributed by atoms with Gasteiger partial charge in [-0.3, -0.25) is 0 Å². The molecular weight excluding hydrogens is 255 g/mol. The molecule has 5 heteroatoms. The molecule has 108 valence electrons. The first-order chi connectivity index (χ1) is 8.93. The van der Waals surface area contributed by atoms with E-state index in [4.69, 9.17) is 4.74 Å². The van der Waals surface area contributed by atoms with Gasteiger partial charge in [-0.05, 0) is 26.0 Å². The SMILES string of the molecule is CCOC(C(C)C)C(NC)c1ccc(F)c(F)c1F. The Morgan fingerprint density at radius 2 is 1.79 bits per heavy atom. The molecule has 0 saturated carbocycles. The second kappa shape index (κ2) is 6.91. The van der Waals surface area contributed by atoms with Crippen LogP contribution in [0.3, 0.4) is 0 Å². The minimum atomic E-state index is -1.45. The Morgan fingerprint density at radius 1 is 1.16 bits per heavy atom. The number of likely N-dealkylation sites (N-methyl/N-ethyl adjacent to an activating group) is 1. The normalized spacial score (nSPS) is 14.7. The van der Waals surface area contributed by atoms with Crippen LogP contribution < -0.4 is 5.32 Å². The third-order valence-electron chi connectivity index (χ3n) is 3.06. The zero-order valence-electron chi connectivity index (χ0n) is 11.6. The number of rotatable bonds is 6. The van der Waals surface area contributed by atoms with E-state index in [9.17, 15) is 13.2 Å². The Balaban J connectivity index is 3.18. The molecule has 0 amide bonds. The summed E-state index contributed by atoms with van der Waals surface area (Å²) in [5.74, 6) is -3.69. The fraction of sp³-hybridized carbons (Fsp3) is 0.571. The Bertz CT molecular complexity index is 423. The van der Waals surface area contributed by atoms with Crippen LogP contribution in [-0.2, 0) is 4.74 Å². The Kier molecular flexibility index (Phi) is 5.82. The largest absolute Gasteiger partial charge is 0.376 e. The molecule has 0 aliphatic heterocycles. The highest BCUT2D eigenvalue weighted by molar-refractivity contribution is 5.24. The molecule has 0 heterocycles. The average Bonchev–Trinajstić information content (AvgIpc) is 2.37. The van der Waals surface area contributed by atoms with Gasteiger partial charge in [0.1, 0.15) is 0 Å². The molecule has 2 unspecified atom stereocenters. The van der Waals surface area contributed by atoms with Gasteiger partial charge in [-0.25, -0.2) is 13.2 Å². The monoisotopic (exact) mass is 275 g/mol. The van der Waals surface area contributed by atoms with Crippen molar-refractivity contribution in [3.63, 3.8) is 0 Å². The van der Waals surface area contributed by atoms with Gasteiger partial charge in [0.25, 0.3) is 0 Å². The Morgan fingerprint density at radius 3 is 2.26 bits per heavy atom. The van der Waals surface area contributed by atoms with E-state index in [0.717, 1.165) is 6.07 Å². The minimum Gasteiger partial charge on any atom is -0.376 e. The van der Waals surface area contributed by atoms with Gasteiger partial charge in [0.2, 0.25) is 0 Å². The fourth-order valence-corrected chi connectivity index (χ4v) is 2.14. The summed E-state index contributed by atoms with van der Waals surface area (Å²) >= 11 is 0. The molecule has 1 aromatic rings. The molecule has 0 radical (unpaired) electrons. The molecule has 0 spiro atoms. The van der Waals surface area contributed by atoms with E-state index in [2.05, 4.69) is 5.32 Å². The summed E-state index contributed by atoms with van der Waals surface area (Å²) in [6.45, 7) is 6.17. The smallest absolute Gasteiger partial charge is 0.194 e. The van der Waals surface area contributed by atoms with Gasteiger partial charge in [0, 0.05) is 12.2 Å². The quantitative estimate of drug-likeness (QED) is 0.803. The van der Waals surface area contributed by atoms with Gasteiger partial charge >= 0.3 is 0 Å². The average molecular weight is 275 g/mol. The number of halogens is 3. The van der Waals surface area contributed by atoms with Gasteiger partial charge in [-0.2, -0.15) is 0 Å². The number of ether oxygens (including phenoxy) is 1. The molecule has 0 aromatic heterocycles. The summed E-state index contributed by atoms with van der Waals surface area (Å²) < 4.78 is 45.7. The Labute approximate surface area is 112 Å².